The van der Waals surface area contributed by atoms with Crippen molar-refractivity contribution in [2.45, 2.75) is 319 Å². The van der Waals surface area contributed by atoms with Gasteiger partial charge < -0.3 is 50.5 Å². The average Bonchev–Trinajstić information content (AvgIpc) is 3.34. The Hall–Kier alpha value is -1.41. The molecule has 1 fully saturated rings. The molecule has 0 spiro atoms. The zero-order valence-corrected chi connectivity index (χ0v) is 43.9. The molecule has 1 heterocycles. The number of carbonyl (C=O) groups is 1. The first-order valence-corrected chi connectivity index (χ1v) is 28.7. The van der Waals surface area contributed by atoms with E-state index in [4.69, 9.17) is 9.47 Å². The lowest BCUT2D eigenvalue weighted by molar-refractivity contribution is -0.303. The number of nitrogens with one attached hydrogen (secondary N) is 1. The molecule has 9 unspecified atom stereocenters. The highest BCUT2D eigenvalue weighted by Crippen LogP contribution is 2.23. The van der Waals surface area contributed by atoms with Crippen LogP contribution in [0.2, 0.25) is 0 Å². The lowest BCUT2D eigenvalue weighted by Gasteiger charge is -2.40. The fourth-order valence-corrected chi connectivity index (χ4v) is 9.28. The van der Waals surface area contributed by atoms with E-state index in [0.29, 0.717) is 19.3 Å². The number of carbonyl (C=O) groups excluding carboxylic acids is 1. The SMILES string of the molecule is CCCCCCCCCCCCCCC/C=C/CC/C=C/CCCC(O)C(O)C(COC1OC(CO)C(O)C(O)C1O)NC(=O)C(O)CCCCCCCCCCCCCCCCCCCCC. The van der Waals surface area contributed by atoms with Crippen LogP contribution in [0.15, 0.2) is 24.3 Å². The predicted molar refractivity (Wildman–Crippen MR) is 279 cm³/mol. The maximum atomic E-state index is 13.2. The van der Waals surface area contributed by atoms with Crippen LogP contribution >= 0.6 is 0 Å². The summed E-state index contributed by atoms with van der Waals surface area (Å²) >= 11 is 0. The van der Waals surface area contributed by atoms with Gasteiger partial charge in [0.1, 0.15) is 36.6 Å². The quantitative estimate of drug-likeness (QED) is 0.0215. The molecule has 0 aromatic heterocycles. The van der Waals surface area contributed by atoms with Gasteiger partial charge in [-0.3, -0.25) is 4.79 Å². The van der Waals surface area contributed by atoms with E-state index in [2.05, 4.69) is 43.5 Å². The topological polar surface area (TPSA) is 189 Å². The summed E-state index contributed by atoms with van der Waals surface area (Å²) in [5.74, 6) is -0.706. The Bertz CT molecular complexity index is 1160. The molecule has 1 saturated heterocycles. The maximum Gasteiger partial charge on any atom is 0.249 e. The molecule has 0 bridgehead atoms. The summed E-state index contributed by atoms with van der Waals surface area (Å²) in [6, 6.07) is -1.19. The van der Waals surface area contributed by atoms with Crippen molar-refractivity contribution in [2.24, 2.45) is 0 Å². The number of aliphatic hydroxyl groups is 7. The van der Waals surface area contributed by atoms with E-state index < -0.39 is 74.2 Å². The van der Waals surface area contributed by atoms with Crippen molar-refractivity contribution in [1.29, 1.82) is 0 Å². The molecule has 1 aliphatic heterocycles. The van der Waals surface area contributed by atoms with Gasteiger partial charge in [-0.1, -0.05) is 237 Å². The number of aliphatic hydroxyl groups excluding tert-OH is 7. The molecule has 0 aromatic rings. The highest BCUT2D eigenvalue weighted by Gasteiger charge is 2.44. The number of amides is 1. The fourth-order valence-electron chi connectivity index (χ4n) is 9.28. The van der Waals surface area contributed by atoms with Crippen molar-refractivity contribution < 1.29 is 50.0 Å². The van der Waals surface area contributed by atoms with Crippen LogP contribution in [0.3, 0.4) is 0 Å². The molecule has 11 nitrogen and oxygen atoms in total. The van der Waals surface area contributed by atoms with Crippen LogP contribution in [-0.4, -0.2) is 110 Å². The smallest absolute Gasteiger partial charge is 0.249 e. The molecule has 11 heteroatoms. The molecule has 0 aliphatic carbocycles. The van der Waals surface area contributed by atoms with Gasteiger partial charge in [0.15, 0.2) is 6.29 Å². The number of rotatable bonds is 49. The zero-order valence-electron chi connectivity index (χ0n) is 43.9. The van der Waals surface area contributed by atoms with Crippen LogP contribution in [0.4, 0.5) is 0 Å². The first-order valence-electron chi connectivity index (χ1n) is 28.7. The van der Waals surface area contributed by atoms with Crippen molar-refractivity contribution in [3.8, 4) is 0 Å². The minimum absolute atomic E-state index is 0.249. The van der Waals surface area contributed by atoms with E-state index in [9.17, 15) is 40.5 Å². The monoisotopic (exact) mass is 968 g/mol. The Morgan fingerprint density at radius 3 is 1.31 bits per heavy atom. The first-order chi connectivity index (χ1) is 33.2. The minimum Gasteiger partial charge on any atom is -0.394 e. The van der Waals surface area contributed by atoms with Gasteiger partial charge in [-0.15, -0.1) is 0 Å². The number of hydrogen-bond donors (Lipinski definition) is 8. The summed E-state index contributed by atoms with van der Waals surface area (Å²) in [5, 5.41) is 76.1. The molecular weight excluding hydrogens is 859 g/mol. The fraction of sp³-hybridized carbons (Fsp3) is 0.912. The third kappa shape index (κ3) is 34.8. The van der Waals surface area contributed by atoms with E-state index in [1.807, 2.05) is 0 Å². The molecule has 1 amide bonds. The summed E-state index contributed by atoms with van der Waals surface area (Å²) in [5.41, 5.74) is 0. The average molecular weight is 968 g/mol. The Labute approximate surface area is 416 Å². The summed E-state index contributed by atoms with van der Waals surface area (Å²) in [6.07, 6.45) is 43.7. The summed E-state index contributed by atoms with van der Waals surface area (Å²) < 4.78 is 11.1. The van der Waals surface area contributed by atoms with Crippen molar-refractivity contribution >= 4 is 5.91 Å². The second-order valence-electron chi connectivity index (χ2n) is 20.4. The van der Waals surface area contributed by atoms with E-state index in [1.54, 1.807) is 0 Å². The van der Waals surface area contributed by atoms with Crippen LogP contribution in [-0.2, 0) is 14.3 Å². The molecule has 1 aliphatic rings. The van der Waals surface area contributed by atoms with Crippen molar-refractivity contribution in [2.75, 3.05) is 13.2 Å². The number of hydrogen-bond acceptors (Lipinski definition) is 10. The van der Waals surface area contributed by atoms with Crippen LogP contribution in [0, 0.1) is 0 Å². The zero-order chi connectivity index (χ0) is 49.7. The van der Waals surface area contributed by atoms with Gasteiger partial charge in [-0.05, 0) is 51.4 Å². The second-order valence-corrected chi connectivity index (χ2v) is 20.4. The molecule has 68 heavy (non-hydrogen) atoms. The van der Waals surface area contributed by atoms with Gasteiger partial charge in [-0.2, -0.15) is 0 Å². The highest BCUT2D eigenvalue weighted by atomic mass is 16.7. The molecule has 0 aromatic carbocycles. The molecule has 402 valence electrons. The third-order valence-electron chi connectivity index (χ3n) is 14.0. The van der Waals surface area contributed by atoms with E-state index in [0.717, 1.165) is 38.5 Å². The third-order valence-corrected chi connectivity index (χ3v) is 14.0. The molecule has 1 rings (SSSR count). The first kappa shape index (κ1) is 64.6. The molecule has 9 atom stereocenters. The van der Waals surface area contributed by atoms with Crippen molar-refractivity contribution in [1.82, 2.24) is 5.32 Å². The van der Waals surface area contributed by atoms with E-state index in [1.165, 1.54) is 180 Å². The number of allylic oxidation sites excluding steroid dienone is 4. The Kier molecular flexibility index (Phi) is 44.3. The van der Waals surface area contributed by atoms with Gasteiger partial charge in [0.2, 0.25) is 5.91 Å². The minimum atomic E-state index is -1.67. The largest absolute Gasteiger partial charge is 0.394 e. The van der Waals surface area contributed by atoms with Crippen LogP contribution in [0.25, 0.3) is 0 Å². The van der Waals surface area contributed by atoms with Gasteiger partial charge in [0.05, 0.1) is 25.4 Å². The predicted octanol–water partition coefficient (Wildman–Crippen LogP) is 11.7. The Balaban J connectivity index is 2.35. The molecule has 0 radical (unpaired) electrons. The lowest BCUT2D eigenvalue weighted by atomic mass is 9.98. The number of ether oxygens (including phenoxy) is 2. The summed E-state index contributed by atoms with van der Waals surface area (Å²) in [6.45, 7) is 3.46. The lowest BCUT2D eigenvalue weighted by Crippen LogP contribution is -2.60. The van der Waals surface area contributed by atoms with Crippen LogP contribution in [0.5, 0.6) is 0 Å². The van der Waals surface area contributed by atoms with Gasteiger partial charge >= 0.3 is 0 Å². The molecule has 0 saturated carbocycles. The standard InChI is InChI=1S/C57H109NO10/c1-3-5-7-9-11-13-15-17-19-21-23-24-25-27-28-30-32-34-36-38-40-42-44-49(60)52(62)48(47-67-57-55(65)54(64)53(63)51(46-59)68-57)58-56(66)50(61)45-43-41-39-37-35-33-31-29-26-22-20-18-16-14-12-10-8-6-4-2/h28,30,36,38,48-55,57,59-65H,3-27,29,31-35,37,39-47H2,1-2H3,(H,58,66)/b30-28+,38-36+. The van der Waals surface area contributed by atoms with Gasteiger partial charge in [0.25, 0.3) is 0 Å². The summed E-state index contributed by atoms with van der Waals surface area (Å²) in [7, 11) is 0. The molecule has 8 N–H and O–H groups in total. The van der Waals surface area contributed by atoms with Crippen LogP contribution in [0.1, 0.15) is 264 Å². The maximum absolute atomic E-state index is 13.2. The normalized spacial score (nSPS) is 20.6. The van der Waals surface area contributed by atoms with Crippen molar-refractivity contribution in [3.63, 3.8) is 0 Å². The number of unbranched alkanes of at least 4 members (excludes halogenated alkanes) is 33. The van der Waals surface area contributed by atoms with E-state index in [-0.39, 0.29) is 12.8 Å². The van der Waals surface area contributed by atoms with Gasteiger partial charge in [-0.25, -0.2) is 0 Å². The summed E-state index contributed by atoms with van der Waals surface area (Å²) in [4.78, 5) is 13.2. The Morgan fingerprint density at radius 1 is 0.500 bits per heavy atom. The molecular formula is C57H109NO10. The van der Waals surface area contributed by atoms with Crippen molar-refractivity contribution in [3.05, 3.63) is 24.3 Å². The van der Waals surface area contributed by atoms with E-state index >= 15 is 0 Å². The Morgan fingerprint density at radius 2 is 0.882 bits per heavy atom. The highest BCUT2D eigenvalue weighted by molar-refractivity contribution is 5.80. The second kappa shape index (κ2) is 46.6. The van der Waals surface area contributed by atoms with Crippen LogP contribution < -0.4 is 5.32 Å². The van der Waals surface area contributed by atoms with Gasteiger partial charge in [0, 0.05) is 0 Å².